The van der Waals surface area contributed by atoms with E-state index in [1.807, 2.05) is 0 Å². The van der Waals surface area contributed by atoms with E-state index in [-0.39, 0.29) is 5.41 Å². The average molecular weight is 276 g/mol. The maximum absolute atomic E-state index is 4.38. The Kier molecular flexibility index (Phi) is 4.33. The van der Waals surface area contributed by atoms with E-state index in [4.69, 9.17) is 0 Å². The summed E-state index contributed by atoms with van der Waals surface area (Å²) < 4.78 is 0. The summed E-state index contributed by atoms with van der Waals surface area (Å²) in [5.74, 6) is 1.73. The van der Waals surface area contributed by atoms with E-state index in [9.17, 15) is 0 Å². The van der Waals surface area contributed by atoms with Crippen LogP contribution in [-0.2, 0) is 5.41 Å². The summed E-state index contributed by atoms with van der Waals surface area (Å²) in [5.41, 5.74) is 1.12. The van der Waals surface area contributed by atoms with Gasteiger partial charge in [-0.15, -0.1) is 5.10 Å². The fourth-order valence-corrected chi connectivity index (χ4v) is 2.54. The third kappa shape index (κ3) is 3.48. The van der Waals surface area contributed by atoms with E-state index >= 15 is 0 Å². The molecular formula is C16H28N4. The van der Waals surface area contributed by atoms with Gasteiger partial charge in [0, 0.05) is 31.1 Å². The lowest BCUT2D eigenvalue weighted by Crippen LogP contribution is -2.59. The summed E-state index contributed by atoms with van der Waals surface area (Å²) in [7, 11) is 2.22. The molecule has 4 heteroatoms. The molecule has 2 heterocycles. The molecule has 1 fully saturated rings. The highest BCUT2D eigenvalue weighted by molar-refractivity contribution is 5.42. The van der Waals surface area contributed by atoms with E-state index in [0.29, 0.717) is 6.04 Å². The first-order chi connectivity index (χ1) is 9.27. The molecule has 0 N–H and O–H groups in total. The SMILES string of the molecule is CC(C)CN(C)C1CN(c2ccc(C(C)(C)C)nn2)C1. The number of hydrogen-bond donors (Lipinski definition) is 0. The molecule has 0 aliphatic carbocycles. The molecule has 0 amide bonds. The zero-order chi connectivity index (χ0) is 14.9. The second-order valence-corrected chi connectivity index (χ2v) is 7.42. The summed E-state index contributed by atoms with van der Waals surface area (Å²) in [6, 6.07) is 4.86. The predicted molar refractivity (Wildman–Crippen MR) is 84.2 cm³/mol. The fourth-order valence-electron chi connectivity index (χ4n) is 2.54. The van der Waals surface area contributed by atoms with Crippen molar-refractivity contribution in [1.82, 2.24) is 15.1 Å². The number of likely N-dealkylation sites (N-methyl/N-ethyl adjacent to an activating group) is 1. The summed E-state index contributed by atoms with van der Waals surface area (Å²) in [6.07, 6.45) is 0. The van der Waals surface area contributed by atoms with Crippen molar-refractivity contribution in [3.8, 4) is 0 Å². The molecule has 0 atom stereocenters. The second kappa shape index (κ2) is 5.68. The Labute approximate surface area is 123 Å². The Hall–Kier alpha value is -1.16. The molecule has 2 rings (SSSR count). The normalized spacial score (nSPS) is 16.9. The molecule has 112 valence electrons. The Balaban J connectivity index is 1.90. The van der Waals surface area contributed by atoms with Crippen LogP contribution in [0.5, 0.6) is 0 Å². The van der Waals surface area contributed by atoms with Crippen LogP contribution in [0, 0.1) is 5.92 Å². The predicted octanol–water partition coefficient (Wildman–Crippen LogP) is 2.55. The highest BCUT2D eigenvalue weighted by Gasteiger charge is 2.31. The van der Waals surface area contributed by atoms with Gasteiger partial charge >= 0.3 is 0 Å². The number of rotatable bonds is 4. The van der Waals surface area contributed by atoms with Gasteiger partial charge in [0.25, 0.3) is 0 Å². The molecule has 20 heavy (non-hydrogen) atoms. The largest absolute Gasteiger partial charge is 0.352 e. The van der Waals surface area contributed by atoms with Crippen molar-refractivity contribution in [3.63, 3.8) is 0 Å². The van der Waals surface area contributed by atoms with Crippen molar-refractivity contribution in [2.24, 2.45) is 5.92 Å². The number of nitrogens with zero attached hydrogens (tertiary/aromatic N) is 4. The Morgan fingerprint density at radius 1 is 1.25 bits per heavy atom. The van der Waals surface area contributed by atoms with E-state index < -0.39 is 0 Å². The van der Waals surface area contributed by atoms with Crippen molar-refractivity contribution in [1.29, 1.82) is 0 Å². The molecule has 1 aliphatic rings. The summed E-state index contributed by atoms with van der Waals surface area (Å²) in [5, 5.41) is 8.75. The zero-order valence-corrected chi connectivity index (χ0v) is 13.7. The Bertz CT molecular complexity index is 427. The van der Waals surface area contributed by atoms with Crippen LogP contribution in [0.2, 0.25) is 0 Å². The summed E-state index contributed by atoms with van der Waals surface area (Å²) in [4.78, 5) is 4.76. The molecule has 1 aliphatic heterocycles. The smallest absolute Gasteiger partial charge is 0.151 e. The molecule has 0 saturated carbocycles. The van der Waals surface area contributed by atoms with Gasteiger partial charge in [0.2, 0.25) is 0 Å². The third-order valence-electron chi connectivity index (χ3n) is 3.88. The number of aromatic nitrogens is 2. The maximum atomic E-state index is 4.38. The molecule has 0 radical (unpaired) electrons. The van der Waals surface area contributed by atoms with Gasteiger partial charge in [0.15, 0.2) is 5.82 Å². The van der Waals surface area contributed by atoms with Crippen molar-refractivity contribution >= 4 is 5.82 Å². The van der Waals surface area contributed by atoms with E-state index in [2.05, 4.69) is 73.8 Å². The first-order valence-corrected chi connectivity index (χ1v) is 7.57. The monoisotopic (exact) mass is 276 g/mol. The fraction of sp³-hybridized carbons (Fsp3) is 0.750. The molecule has 4 nitrogen and oxygen atoms in total. The minimum Gasteiger partial charge on any atom is -0.352 e. The zero-order valence-electron chi connectivity index (χ0n) is 13.7. The van der Waals surface area contributed by atoms with Crippen LogP contribution in [0.4, 0.5) is 5.82 Å². The molecule has 1 aromatic rings. The van der Waals surface area contributed by atoms with Crippen LogP contribution in [-0.4, -0.2) is 47.8 Å². The summed E-state index contributed by atoms with van der Waals surface area (Å²) in [6.45, 7) is 14.3. The molecule has 1 saturated heterocycles. The number of anilines is 1. The molecule has 0 aromatic carbocycles. The van der Waals surface area contributed by atoms with Crippen molar-refractivity contribution in [3.05, 3.63) is 17.8 Å². The molecule has 1 aromatic heterocycles. The molecule has 0 bridgehead atoms. The lowest BCUT2D eigenvalue weighted by Gasteiger charge is -2.45. The standard InChI is InChI=1S/C16H28N4/c1-12(2)9-19(6)13-10-20(11-13)15-8-7-14(17-18-15)16(3,4)5/h7-8,12-13H,9-11H2,1-6H3. The van der Waals surface area contributed by atoms with Gasteiger partial charge in [-0.25, -0.2) is 0 Å². The van der Waals surface area contributed by atoms with E-state index in [1.54, 1.807) is 0 Å². The van der Waals surface area contributed by atoms with Crippen LogP contribution in [0.25, 0.3) is 0 Å². The maximum Gasteiger partial charge on any atom is 0.151 e. The number of hydrogen-bond acceptors (Lipinski definition) is 4. The van der Waals surface area contributed by atoms with Gasteiger partial charge < -0.3 is 4.90 Å². The quantitative estimate of drug-likeness (QED) is 0.846. The van der Waals surface area contributed by atoms with Gasteiger partial charge in [-0.05, 0) is 25.1 Å². The van der Waals surface area contributed by atoms with Crippen molar-refractivity contribution in [2.45, 2.75) is 46.1 Å². The van der Waals surface area contributed by atoms with Crippen LogP contribution in [0.15, 0.2) is 12.1 Å². The van der Waals surface area contributed by atoms with Gasteiger partial charge in [-0.3, -0.25) is 4.90 Å². The molecule has 0 unspecified atom stereocenters. The van der Waals surface area contributed by atoms with Gasteiger partial charge in [-0.1, -0.05) is 34.6 Å². The van der Waals surface area contributed by atoms with Crippen molar-refractivity contribution < 1.29 is 0 Å². The van der Waals surface area contributed by atoms with Crippen LogP contribution in [0.1, 0.15) is 40.3 Å². The lowest BCUT2D eigenvalue weighted by atomic mass is 9.92. The highest BCUT2D eigenvalue weighted by Crippen LogP contribution is 2.24. The average Bonchev–Trinajstić information content (AvgIpc) is 2.25. The van der Waals surface area contributed by atoms with E-state index in [0.717, 1.165) is 37.1 Å². The Morgan fingerprint density at radius 3 is 2.35 bits per heavy atom. The van der Waals surface area contributed by atoms with Gasteiger partial charge in [-0.2, -0.15) is 5.10 Å². The summed E-state index contributed by atoms with van der Waals surface area (Å²) >= 11 is 0. The second-order valence-electron chi connectivity index (χ2n) is 7.42. The van der Waals surface area contributed by atoms with Crippen LogP contribution < -0.4 is 4.90 Å². The Morgan fingerprint density at radius 2 is 1.90 bits per heavy atom. The van der Waals surface area contributed by atoms with Gasteiger partial charge in [0.1, 0.15) is 0 Å². The minimum atomic E-state index is 0.0699. The molecular weight excluding hydrogens is 248 g/mol. The topological polar surface area (TPSA) is 32.3 Å². The van der Waals surface area contributed by atoms with Crippen molar-refractivity contribution in [2.75, 3.05) is 31.6 Å². The van der Waals surface area contributed by atoms with Crippen LogP contribution in [0.3, 0.4) is 0 Å². The third-order valence-corrected chi connectivity index (χ3v) is 3.88. The van der Waals surface area contributed by atoms with Crippen LogP contribution >= 0.6 is 0 Å². The van der Waals surface area contributed by atoms with Gasteiger partial charge in [0.05, 0.1) is 5.69 Å². The minimum absolute atomic E-state index is 0.0699. The first-order valence-electron chi connectivity index (χ1n) is 7.57. The highest BCUT2D eigenvalue weighted by atomic mass is 15.4. The first kappa shape index (κ1) is 15.2. The lowest BCUT2D eigenvalue weighted by molar-refractivity contribution is 0.185. The van der Waals surface area contributed by atoms with E-state index in [1.165, 1.54) is 0 Å². The molecule has 0 spiro atoms.